The molecule has 60 heavy (non-hydrogen) atoms. The average molecular weight is 859 g/mol. The minimum absolute atomic E-state index is 0.0553. The monoisotopic (exact) mass is 858 g/mol. The van der Waals surface area contributed by atoms with E-state index >= 15 is 0 Å². The number of nitrogens with zero attached hydrogens (tertiary/aromatic N) is 4. The molecule has 2 aliphatic rings. The summed E-state index contributed by atoms with van der Waals surface area (Å²) >= 11 is 0. The summed E-state index contributed by atoms with van der Waals surface area (Å²) in [6, 6.07) is 9.57. The highest BCUT2D eigenvalue weighted by Gasteiger charge is 2.47. The second-order valence-corrected chi connectivity index (χ2v) is 28.8. The Hall–Kier alpha value is -5.08. The zero-order chi connectivity index (χ0) is 44.9. The summed E-state index contributed by atoms with van der Waals surface area (Å²) < 4.78 is 12.9. The molecular weight excluding hydrogens is 797 g/mol. The molecule has 2 aromatic rings. The lowest BCUT2D eigenvalue weighted by Gasteiger charge is -2.42. The number of non-ortho nitro benzene ring substituents is 2. The number of amides is 2. The Morgan fingerprint density at radius 1 is 0.783 bits per heavy atom. The normalized spacial score (nSPS) is 15.7. The zero-order valence-electron chi connectivity index (χ0n) is 37.2. The number of hydrogen-bond acceptors (Lipinski definition) is 10. The molecule has 0 aliphatic carbocycles. The van der Waals surface area contributed by atoms with Crippen LogP contribution in [0.25, 0.3) is 0 Å². The van der Waals surface area contributed by atoms with Crippen LogP contribution >= 0.6 is 0 Å². The second kappa shape index (κ2) is 19.5. The highest BCUT2D eigenvalue weighted by Crippen LogP contribution is 2.44. The van der Waals surface area contributed by atoms with Gasteiger partial charge in [-0.15, -0.1) is 5.54 Å². The molecule has 1 fully saturated rings. The fourth-order valence-electron chi connectivity index (χ4n) is 9.72. The largest absolute Gasteiger partial charge is 0.548 e. The van der Waals surface area contributed by atoms with Gasteiger partial charge in [0.2, 0.25) is 0 Å². The van der Waals surface area contributed by atoms with Crippen LogP contribution in [-0.4, -0.2) is 79.6 Å². The Balaban J connectivity index is 1.82. The van der Waals surface area contributed by atoms with Crippen molar-refractivity contribution in [2.24, 2.45) is 0 Å². The number of nitro groups is 2. The van der Waals surface area contributed by atoms with Gasteiger partial charge in [0, 0.05) is 49.7 Å². The van der Waals surface area contributed by atoms with Gasteiger partial charge < -0.3 is 14.1 Å². The topological polar surface area (TPSA) is 162 Å². The van der Waals surface area contributed by atoms with E-state index in [4.69, 9.17) is 9.16 Å². The number of piperidine rings is 1. The second-order valence-electron chi connectivity index (χ2n) is 17.9. The van der Waals surface area contributed by atoms with Crippen LogP contribution in [0.3, 0.4) is 0 Å². The van der Waals surface area contributed by atoms with Gasteiger partial charge in [0.15, 0.2) is 0 Å². The van der Waals surface area contributed by atoms with Gasteiger partial charge in [-0.25, -0.2) is 4.79 Å². The molecule has 2 heterocycles. The molecule has 0 radical (unpaired) electrons. The van der Waals surface area contributed by atoms with Crippen LogP contribution in [0.5, 0.6) is 0 Å². The predicted octanol–water partition coefficient (Wildman–Crippen LogP) is 10.6. The van der Waals surface area contributed by atoms with E-state index in [2.05, 4.69) is 99.4 Å². The zero-order valence-corrected chi connectivity index (χ0v) is 39.2. The van der Waals surface area contributed by atoms with Gasteiger partial charge in [-0.05, 0) is 45.4 Å². The molecule has 2 amide bonds. The fourth-order valence-corrected chi connectivity index (χ4v) is 20.1. The number of rotatable bonds is 16. The average Bonchev–Trinajstić information content (AvgIpc) is 3.41. The molecule has 13 nitrogen and oxygen atoms in total. The lowest BCUT2D eigenvalue weighted by Crippen LogP contribution is -2.47. The van der Waals surface area contributed by atoms with Crippen molar-refractivity contribution in [3.8, 4) is 11.5 Å². The van der Waals surface area contributed by atoms with Gasteiger partial charge in [-0.2, -0.15) is 0 Å². The number of nitro benzene ring substituents is 2. The minimum atomic E-state index is -2.51. The third-order valence-electron chi connectivity index (χ3n) is 12.6. The Morgan fingerprint density at radius 3 is 1.67 bits per heavy atom. The van der Waals surface area contributed by atoms with Crippen LogP contribution in [0.15, 0.2) is 66.1 Å². The van der Waals surface area contributed by atoms with Gasteiger partial charge in [0.25, 0.3) is 31.5 Å². The Labute approximate surface area is 357 Å². The summed E-state index contributed by atoms with van der Waals surface area (Å²) in [5.41, 5.74) is 6.26. The van der Waals surface area contributed by atoms with Crippen LogP contribution < -0.4 is 0 Å². The van der Waals surface area contributed by atoms with Crippen LogP contribution in [-0.2, 0) is 9.16 Å². The number of carbonyl (C=O) groups is 3. The van der Waals surface area contributed by atoms with Crippen molar-refractivity contribution in [2.75, 3.05) is 19.6 Å². The molecule has 0 spiro atoms. The first-order valence-corrected chi connectivity index (χ1v) is 25.4. The van der Waals surface area contributed by atoms with Crippen molar-refractivity contribution in [1.29, 1.82) is 0 Å². The van der Waals surface area contributed by atoms with Gasteiger partial charge in [0.05, 0.1) is 51.1 Å². The van der Waals surface area contributed by atoms with E-state index < -0.39 is 49.7 Å². The van der Waals surface area contributed by atoms with E-state index in [1.165, 1.54) is 4.90 Å². The highest BCUT2D eigenvalue weighted by atomic mass is 28.4. The molecule has 4 rings (SSSR count). The van der Waals surface area contributed by atoms with Gasteiger partial charge in [-0.3, -0.25) is 34.7 Å². The van der Waals surface area contributed by atoms with E-state index in [9.17, 15) is 34.6 Å². The molecule has 0 unspecified atom stereocenters. The summed E-state index contributed by atoms with van der Waals surface area (Å²) in [5.74, 6) is 1.85. The number of hydrogen-bond donors (Lipinski definition) is 0. The van der Waals surface area contributed by atoms with E-state index in [0.717, 1.165) is 18.2 Å². The first kappa shape index (κ1) is 47.6. The molecule has 0 bridgehead atoms. The maximum absolute atomic E-state index is 13.9. The third kappa shape index (κ3) is 9.76. The number of imide groups is 1. The van der Waals surface area contributed by atoms with Gasteiger partial charge in [0.1, 0.15) is 14.2 Å². The molecule has 1 saturated heterocycles. The summed E-state index contributed by atoms with van der Waals surface area (Å²) in [6.07, 6.45) is 3.81. The van der Waals surface area contributed by atoms with Crippen molar-refractivity contribution in [1.82, 2.24) is 9.80 Å². The lowest BCUT2D eigenvalue weighted by atomic mass is 10.0. The van der Waals surface area contributed by atoms with E-state index in [1.807, 2.05) is 6.08 Å². The van der Waals surface area contributed by atoms with Gasteiger partial charge in [-0.1, -0.05) is 101 Å². The third-order valence-corrected chi connectivity index (χ3v) is 24.9. The van der Waals surface area contributed by atoms with Crippen molar-refractivity contribution >= 4 is 45.5 Å². The smallest absolute Gasteiger partial charge is 0.338 e. The summed E-state index contributed by atoms with van der Waals surface area (Å²) in [4.78, 5) is 65.8. The van der Waals surface area contributed by atoms with E-state index in [0.29, 0.717) is 65.0 Å². The minimum Gasteiger partial charge on any atom is -0.548 e. The number of ether oxygens (including phenoxy) is 1. The number of carbonyl (C=O) groups excluding carboxylic acids is 3. The maximum Gasteiger partial charge on any atom is 0.338 e. The summed E-state index contributed by atoms with van der Waals surface area (Å²) in [5, 5.41) is 23.0. The molecule has 15 heteroatoms. The van der Waals surface area contributed by atoms with Crippen LogP contribution in [0, 0.1) is 31.7 Å². The Bertz CT molecular complexity index is 1980. The number of likely N-dealkylation sites (tertiary alicyclic amines) is 1. The summed E-state index contributed by atoms with van der Waals surface area (Å²) in [6.45, 7) is 27.4. The fraction of sp³-hybridized carbons (Fsp3) is 0.533. The molecule has 0 N–H and O–H groups in total. The van der Waals surface area contributed by atoms with Crippen LogP contribution in [0.1, 0.15) is 127 Å². The van der Waals surface area contributed by atoms with Crippen LogP contribution in [0.2, 0.25) is 33.2 Å². The quantitative estimate of drug-likeness (QED) is 0.0232. The maximum atomic E-state index is 13.9. The molecule has 2 aliphatic heterocycles. The Kier molecular flexibility index (Phi) is 15.5. The highest BCUT2D eigenvalue weighted by molar-refractivity contribution is 6.90. The molecule has 324 valence electrons. The van der Waals surface area contributed by atoms with E-state index in [-0.39, 0.29) is 40.5 Å². The SMILES string of the molecule is CC(C)[Si](C#C/C=C(\C(=C/O[Si](C(C)C)(C(C)C)C(C)C)CN1C(=O)c2ccccc2C1=O)N1CCC(OC(=O)c2cc([N+](=O)[O-])cc([N+](=O)[O-])c2)CC1)(C(C)C)C(C)C. The molecule has 0 aromatic heterocycles. The van der Waals surface area contributed by atoms with Crippen molar-refractivity contribution in [3.63, 3.8) is 0 Å². The lowest BCUT2D eigenvalue weighted by molar-refractivity contribution is -0.394. The Morgan fingerprint density at radius 2 is 1.25 bits per heavy atom. The van der Waals surface area contributed by atoms with Gasteiger partial charge >= 0.3 is 5.97 Å². The number of esters is 1. The van der Waals surface area contributed by atoms with Crippen molar-refractivity contribution < 1.29 is 33.4 Å². The number of fused-ring (bicyclic) bond motifs is 1. The summed E-state index contributed by atoms with van der Waals surface area (Å²) in [7, 11) is -4.70. The molecule has 2 aromatic carbocycles. The standard InChI is InChI=1S/C45H62N4O9Si2/c1-29(2)59(30(3)4,31(5)6)23-15-18-42(46-21-19-39(20-22-46)58-45(52)35-24-37(48(53)54)26-38(25-35)49(55)56)36(28-57-60(32(7)8,33(9)10)34(11)12)27-47-43(50)40-16-13-14-17-41(40)44(47)51/h13-14,16-18,24-26,28-34,39H,19-22,27H2,1-12H3/b36-28-,42-18+. The van der Waals surface area contributed by atoms with Crippen molar-refractivity contribution in [3.05, 3.63) is 103 Å². The number of benzene rings is 2. The predicted molar refractivity (Wildman–Crippen MR) is 239 cm³/mol. The first-order chi connectivity index (χ1) is 28.1. The molecule has 0 saturated carbocycles. The van der Waals surface area contributed by atoms with E-state index in [1.54, 1.807) is 30.5 Å². The van der Waals surface area contributed by atoms with Crippen LogP contribution in [0.4, 0.5) is 11.4 Å². The molecular formula is C45H62N4O9Si2. The van der Waals surface area contributed by atoms with Crippen molar-refractivity contribution in [2.45, 2.75) is 135 Å². The number of allylic oxidation sites excluding steroid dienone is 1. The first-order valence-electron chi connectivity index (χ1n) is 21.0. The molecule has 0 atom stereocenters.